The topological polar surface area (TPSA) is 20.2 Å². The highest BCUT2D eigenvalue weighted by Gasteiger charge is 2.06. The third-order valence-electron chi connectivity index (χ3n) is 1.75. The molecule has 0 fully saturated rings. The molecule has 0 radical (unpaired) electrons. The van der Waals surface area contributed by atoms with E-state index in [4.69, 9.17) is 5.11 Å². The van der Waals surface area contributed by atoms with Crippen molar-refractivity contribution < 1.29 is 5.11 Å². The Kier molecular flexibility index (Phi) is 2.06. The molecule has 1 nitrogen and oxygen atoms in total. The fourth-order valence-corrected chi connectivity index (χ4v) is 0.999. The summed E-state index contributed by atoms with van der Waals surface area (Å²) >= 11 is 0. The lowest BCUT2D eigenvalue weighted by Crippen LogP contribution is -2.04. The van der Waals surface area contributed by atoms with Crippen LogP contribution in [0.25, 0.3) is 0 Å². The molecule has 1 aliphatic carbocycles. The van der Waals surface area contributed by atoms with Crippen LogP contribution in [0.15, 0.2) is 23.8 Å². The smallest absolute Gasteiger partial charge is 0.0647 e. The number of hydrogen-bond donors (Lipinski definition) is 1. The van der Waals surface area contributed by atoms with Gasteiger partial charge in [-0.3, -0.25) is 0 Å². The molecule has 0 amide bonds. The Hall–Kier alpha value is -0.560. The third kappa shape index (κ3) is 1.42. The highest BCUT2D eigenvalue weighted by atomic mass is 16.3. The van der Waals surface area contributed by atoms with Gasteiger partial charge in [0.25, 0.3) is 0 Å². The Bertz CT molecular complexity index is 145. The molecular formula is C8H12O. The summed E-state index contributed by atoms with van der Waals surface area (Å²) in [5.74, 6) is 0.542. The van der Waals surface area contributed by atoms with Gasteiger partial charge in [-0.2, -0.15) is 0 Å². The maximum absolute atomic E-state index is 8.76. The Morgan fingerprint density at radius 1 is 1.78 bits per heavy atom. The summed E-state index contributed by atoms with van der Waals surface area (Å²) in [4.78, 5) is 0. The first-order chi connectivity index (χ1) is 4.34. The van der Waals surface area contributed by atoms with E-state index in [1.165, 1.54) is 0 Å². The van der Waals surface area contributed by atoms with Crippen molar-refractivity contribution in [3.05, 3.63) is 23.8 Å². The molecule has 0 heterocycles. The third-order valence-corrected chi connectivity index (χ3v) is 1.75. The lowest BCUT2D eigenvalue weighted by atomic mass is 9.94. The molecule has 0 bridgehead atoms. The van der Waals surface area contributed by atoms with E-state index in [9.17, 15) is 0 Å². The summed E-state index contributed by atoms with van der Waals surface area (Å²) in [6.07, 6.45) is 7.20. The molecule has 9 heavy (non-hydrogen) atoms. The second-order valence-corrected chi connectivity index (χ2v) is 2.46. The normalized spacial score (nSPS) is 26.0. The average molecular weight is 124 g/mol. The number of rotatable bonds is 1. The minimum Gasteiger partial charge on any atom is -0.392 e. The van der Waals surface area contributed by atoms with E-state index in [0.717, 1.165) is 12.0 Å². The summed E-state index contributed by atoms with van der Waals surface area (Å²) in [6, 6.07) is 0. The molecule has 1 atom stereocenters. The van der Waals surface area contributed by atoms with Gasteiger partial charge in [0.05, 0.1) is 6.61 Å². The molecule has 0 saturated carbocycles. The molecule has 0 saturated heterocycles. The van der Waals surface area contributed by atoms with Crippen molar-refractivity contribution >= 4 is 0 Å². The van der Waals surface area contributed by atoms with Crippen molar-refractivity contribution in [3.63, 3.8) is 0 Å². The maximum Gasteiger partial charge on any atom is 0.0647 e. The molecular weight excluding hydrogens is 112 g/mol. The summed E-state index contributed by atoms with van der Waals surface area (Å²) in [7, 11) is 0. The highest BCUT2D eigenvalue weighted by molar-refractivity contribution is 5.20. The zero-order valence-corrected chi connectivity index (χ0v) is 5.67. The van der Waals surface area contributed by atoms with Crippen LogP contribution in [0.3, 0.4) is 0 Å². The fraction of sp³-hybridized carbons (Fsp3) is 0.500. The number of allylic oxidation sites excluding steroid dienone is 3. The molecule has 50 valence electrons. The minimum absolute atomic E-state index is 0.214. The molecule has 0 aromatic carbocycles. The van der Waals surface area contributed by atoms with Crippen LogP contribution in [0.4, 0.5) is 0 Å². The molecule has 0 aromatic heterocycles. The fourth-order valence-electron chi connectivity index (χ4n) is 0.999. The first-order valence-electron chi connectivity index (χ1n) is 3.31. The van der Waals surface area contributed by atoms with E-state index in [0.29, 0.717) is 5.92 Å². The summed E-state index contributed by atoms with van der Waals surface area (Å²) < 4.78 is 0. The largest absolute Gasteiger partial charge is 0.392 e. The first kappa shape index (κ1) is 6.56. The van der Waals surface area contributed by atoms with Crippen molar-refractivity contribution in [2.45, 2.75) is 13.3 Å². The van der Waals surface area contributed by atoms with Gasteiger partial charge in [0, 0.05) is 0 Å². The van der Waals surface area contributed by atoms with E-state index >= 15 is 0 Å². The summed E-state index contributed by atoms with van der Waals surface area (Å²) in [6.45, 7) is 2.34. The highest BCUT2D eigenvalue weighted by Crippen LogP contribution is 2.18. The molecule has 0 spiro atoms. The molecule has 0 aliphatic heterocycles. The van der Waals surface area contributed by atoms with Gasteiger partial charge in [0.1, 0.15) is 0 Å². The predicted octanol–water partition coefficient (Wildman–Crippen LogP) is 1.50. The van der Waals surface area contributed by atoms with Gasteiger partial charge < -0.3 is 5.11 Å². The molecule has 0 aromatic rings. The van der Waals surface area contributed by atoms with Gasteiger partial charge in [0.15, 0.2) is 0 Å². The van der Waals surface area contributed by atoms with E-state index in [1.807, 2.05) is 12.2 Å². The number of aliphatic hydroxyl groups is 1. The van der Waals surface area contributed by atoms with Crippen molar-refractivity contribution in [1.29, 1.82) is 0 Å². The lowest BCUT2D eigenvalue weighted by Gasteiger charge is -2.13. The second-order valence-electron chi connectivity index (χ2n) is 2.46. The van der Waals surface area contributed by atoms with Crippen LogP contribution in [0.2, 0.25) is 0 Å². The van der Waals surface area contributed by atoms with Crippen molar-refractivity contribution in [2.24, 2.45) is 5.92 Å². The van der Waals surface area contributed by atoms with Crippen molar-refractivity contribution in [1.82, 2.24) is 0 Å². The molecule has 1 aliphatic rings. The van der Waals surface area contributed by atoms with Crippen LogP contribution in [0.5, 0.6) is 0 Å². The molecule has 1 heteroatoms. The quantitative estimate of drug-likeness (QED) is 0.561. The number of aliphatic hydroxyl groups excluding tert-OH is 1. The van der Waals surface area contributed by atoms with Crippen LogP contribution in [-0.4, -0.2) is 11.7 Å². The Balaban J connectivity index is 2.63. The minimum atomic E-state index is 0.214. The van der Waals surface area contributed by atoms with E-state index in [-0.39, 0.29) is 6.61 Å². The van der Waals surface area contributed by atoms with Gasteiger partial charge in [-0.05, 0) is 17.9 Å². The SMILES string of the molecule is CC1CC=CC=C1CO. The molecule has 1 rings (SSSR count). The summed E-state index contributed by atoms with van der Waals surface area (Å²) in [5.41, 5.74) is 1.15. The predicted molar refractivity (Wildman–Crippen MR) is 38.1 cm³/mol. The molecule has 1 N–H and O–H groups in total. The van der Waals surface area contributed by atoms with Crippen molar-refractivity contribution in [2.75, 3.05) is 6.61 Å². The van der Waals surface area contributed by atoms with Crippen LogP contribution < -0.4 is 0 Å². The zero-order valence-electron chi connectivity index (χ0n) is 5.67. The van der Waals surface area contributed by atoms with Crippen LogP contribution in [0.1, 0.15) is 13.3 Å². The van der Waals surface area contributed by atoms with Gasteiger partial charge in [0.2, 0.25) is 0 Å². The van der Waals surface area contributed by atoms with E-state index in [2.05, 4.69) is 13.0 Å². The van der Waals surface area contributed by atoms with E-state index in [1.54, 1.807) is 0 Å². The summed E-state index contributed by atoms with van der Waals surface area (Å²) in [5, 5.41) is 8.76. The van der Waals surface area contributed by atoms with Crippen molar-refractivity contribution in [3.8, 4) is 0 Å². The Labute approximate surface area is 55.7 Å². The van der Waals surface area contributed by atoms with Crippen LogP contribution >= 0.6 is 0 Å². The van der Waals surface area contributed by atoms with Crippen LogP contribution in [0, 0.1) is 5.92 Å². The first-order valence-corrected chi connectivity index (χ1v) is 3.31. The van der Waals surface area contributed by atoms with Gasteiger partial charge >= 0.3 is 0 Å². The second kappa shape index (κ2) is 2.83. The Morgan fingerprint density at radius 2 is 2.56 bits per heavy atom. The van der Waals surface area contributed by atoms with Gasteiger partial charge in [-0.1, -0.05) is 25.2 Å². The maximum atomic E-state index is 8.76. The monoisotopic (exact) mass is 124 g/mol. The van der Waals surface area contributed by atoms with Gasteiger partial charge in [-0.25, -0.2) is 0 Å². The Morgan fingerprint density at radius 3 is 3.00 bits per heavy atom. The number of hydrogen-bond acceptors (Lipinski definition) is 1. The standard InChI is InChI=1S/C8H12O/c1-7-4-2-3-5-8(7)6-9/h2-3,5,7,9H,4,6H2,1H3. The molecule has 1 unspecified atom stereocenters. The average Bonchev–Trinajstić information content (AvgIpc) is 1.89. The zero-order chi connectivity index (χ0) is 6.69. The lowest BCUT2D eigenvalue weighted by molar-refractivity contribution is 0.315. The van der Waals surface area contributed by atoms with Gasteiger partial charge in [-0.15, -0.1) is 0 Å². The van der Waals surface area contributed by atoms with Crippen LogP contribution in [-0.2, 0) is 0 Å². The van der Waals surface area contributed by atoms with E-state index < -0.39 is 0 Å².